The number of rotatable bonds is 3. The second-order valence-electron chi connectivity index (χ2n) is 4.20. The zero-order valence-electron chi connectivity index (χ0n) is 10.5. The van der Waals surface area contributed by atoms with Crippen molar-refractivity contribution in [1.29, 1.82) is 0 Å². The highest BCUT2D eigenvalue weighted by Crippen LogP contribution is 2.40. The average Bonchev–Trinajstić information content (AvgIpc) is 2.69. The topological polar surface area (TPSA) is 9.23 Å². The summed E-state index contributed by atoms with van der Waals surface area (Å²) < 4.78 is 6.21. The van der Waals surface area contributed by atoms with Crippen molar-refractivity contribution >= 4 is 38.9 Å². The highest BCUT2D eigenvalue weighted by atomic mass is 79.9. The van der Waals surface area contributed by atoms with Crippen LogP contribution in [0.3, 0.4) is 0 Å². The van der Waals surface area contributed by atoms with Gasteiger partial charge in [0.05, 0.1) is 16.3 Å². The summed E-state index contributed by atoms with van der Waals surface area (Å²) in [6, 6.07) is 8.38. The van der Waals surface area contributed by atoms with Gasteiger partial charge < -0.3 is 4.74 Å². The molecule has 0 fully saturated rings. The summed E-state index contributed by atoms with van der Waals surface area (Å²) in [7, 11) is 1.70. The van der Waals surface area contributed by atoms with E-state index in [0.717, 1.165) is 21.2 Å². The first kappa shape index (κ1) is 13.9. The third kappa shape index (κ3) is 2.73. The third-order valence-corrected chi connectivity index (χ3v) is 5.80. The van der Waals surface area contributed by atoms with Gasteiger partial charge in [-0.25, -0.2) is 0 Å². The fraction of sp³-hybridized carbons (Fsp3) is 0.286. The van der Waals surface area contributed by atoms with Crippen molar-refractivity contribution < 1.29 is 4.74 Å². The van der Waals surface area contributed by atoms with E-state index in [1.165, 1.54) is 10.4 Å². The van der Waals surface area contributed by atoms with E-state index in [9.17, 15) is 0 Å². The maximum absolute atomic E-state index is 6.12. The van der Waals surface area contributed by atoms with E-state index in [2.05, 4.69) is 40.2 Å². The van der Waals surface area contributed by atoms with Gasteiger partial charge in [0.2, 0.25) is 0 Å². The van der Waals surface area contributed by atoms with E-state index in [4.69, 9.17) is 16.3 Å². The van der Waals surface area contributed by atoms with Crippen molar-refractivity contribution in [3.05, 3.63) is 50.2 Å². The van der Waals surface area contributed by atoms with Crippen LogP contribution in [0.1, 0.15) is 26.4 Å². The molecule has 1 heterocycles. The molecule has 2 aromatic rings. The summed E-state index contributed by atoms with van der Waals surface area (Å²) in [6.45, 7) is 4.07. The standard InChI is InChI=1S/C14H14BrClOS/c1-8-4-5-10(7-11(8)17-3)13(15)12-6-9(2)14(16)18-12/h4-7,13H,1-3H3. The minimum atomic E-state index is 0.156. The lowest BCUT2D eigenvalue weighted by molar-refractivity contribution is 0.411. The fourth-order valence-corrected chi connectivity index (χ4v) is 3.69. The fourth-order valence-electron chi connectivity index (χ4n) is 1.77. The molecular formula is C14H14BrClOS. The van der Waals surface area contributed by atoms with Crippen molar-refractivity contribution in [1.82, 2.24) is 0 Å². The van der Waals surface area contributed by atoms with Crippen molar-refractivity contribution in [3.8, 4) is 5.75 Å². The van der Waals surface area contributed by atoms with Gasteiger partial charge in [-0.2, -0.15) is 0 Å². The van der Waals surface area contributed by atoms with Gasteiger partial charge >= 0.3 is 0 Å². The monoisotopic (exact) mass is 344 g/mol. The minimum absolute atomic E-state index is 0.156. The molecule has 0 saturated heterocycles. The normalized spacial score (nSPS) is 12.5. The number of hydrogen-bond donors (Lipinski definition) is 0. The van der Waals surface area contributed by atoms with Crippen molar-refractivity contribution in [2.45, 2.75) is 18.7 Å². The molecule has 0 aliphatic rings. The minimum Gasteiger partial charge on any atom is -0.496 e. The van der Waals surface area contributed by atoms with Gasteiger partial charge in [0.15, 0.2) is 0 Å². The maximum atomic E-state index is 6.12. The SMILES string of the molecule is COc1cc(C(Br)c2cc(C)c(Cl)s2)ccc1C. The predicted molar refractivity (Wildman–Crippen MR) is 82.6 cm³/mol. The molecule has 1 unspecified atom stereocenters. The molecule has 0 spiro atoms. The van der Waals surface area contributed by atoms with E-state index in [-0.39, 0.29) is 4.83 Å². The zero-order valence-corrected chi connectivity index (χ0v) is 13.6. The number of benzene rings is 1. The van der Waals surface area contributed by atoms with Gasteiger partial charge in [-0.3, -0.25) is 0 Å². The van der Waals surface area contributed by atoms with Crippen LogP contribution in [0.25, 0.3) is 0 Å². The highest BCUT2D eigenvalue weighted by Gasteiger charge is 2.15. The molecule has 1 aromatic heterocycles. The number of ether oxygens (including phenoxy) is 1. The molecule has 0 amide bonds. The van der Waals surface area contributed by atoms with Crippen LogP contribution in [0, 0.1) is 13.8 Å². The largest absolute Gasteiger partial charge is 0.496 e. The van der Waals surface area contributed by atoms with Gasteiger partial charge in [0, 0.05) is 4.88 Å². The quantitative estimate of drug-likeness (QED) is 0.666. The van der Waals surface area contributed by atoms with Gasteiger partial charge in [-0.05, 0) is 42.7 Å². The molecule has 0 radical (unpaired) electrons. The first-order valence-electron chi connectivity index (χ1n) is 5.57. The number of thiophene rings is 1. The third-order valence-electron chi connectivity index (χ3n) is 2.85. The van der Waals surface area contributed by atoms with Crippen LogP contribution in [-0.4, -0.2) is 7.11 Å². The Morgan fingerprint density at radius 3 is 2.50 bits per heavy atom. The van der Waals surface area contributed by atoms with Gasteiger partial charge in [0.25, 0.3) is 0 Å². The van der Waals surface area contributed by atoms with E-state index in [1.54, 1.807) is 18.4 Å². The summed E-state index contributed by atoms with van der Waals surface area (Å²) in [5.41, 5.74) is 3.44. The Hall–Kier alpha value is -0.510. The Balaban J connectivity index is 2.36. The molecule has 18 heavy (non-hydrogen) atoms. The van der Waals surface area contributed by atoms with E-state index in [1.807, 2.05) is 13.8 Å². The smallest absolute Gasteiger partial charge is 0.122 e. The van der Waals surface area contributed by atoms with Gasteiger partial charge in [-0.1, -0.05) is 39.7 Å². The van der Waals surface area contributed by atoms with E-state index in [0.29, 0.717) is 0 Å². The lowest BCUT2D eigenvalue weighted by atomic mass is 10.1. The zero-order chi connectivity index (χ0) is 13.3. The Morgan fingerprint density at radius 1 is 1.22 bits per heavy atom. The first-order valence-corrected chi connectivity index (χ1v) is 7.68. The number of aryl methyl sites for hydroxylation is 2. The second kappa shape index (κ2) is 5.64. The molecule has 2 rings (SSSR count). The van der Waals surface area contributed by atoms with Crippen LogP contribution in [-0.2, 0) is 0 Å². The molecule has 4 heteroatoms. The predicted octanol–water partition coefficient (Wildman–Crippen LogP) is 5.51. The van der Waals surface area contributed by atoms with Crippen LogP contribution < -0.4 is 4.74 Å². The number of hydrogen-bond acceptors (Lipinski definition) is 2. The summed E-state index contributed by atoms with van der Waals surface area (Å²) in [5, 5.41) is 0. The van der Waals surface area contributed by atoms with Crippen LogP contribution in [0.2, 0.25) is 4.34 Å². The van der Waals surface area contributed by atoms with Crippen LogP contribution >= 0.6 is 38.9 Å². The number of alkyl halides is 1. The number of methoxy groups -OCH3 is 1. The Labute approximate surface area is 125 Å². The van der Waals surface area contributed by atoms with Gasteiger partial charge in [0.1, 0.15) is 5.75 Å². The molecular weight excluding hydrogens is 332 g/mol. The van der Waals surface area contributed by atoms with E-state index >= 15 is 0 Å². The maximum Gasteiger partial charge on any atom is 0.122 e. The summed E-state index contributed by atoms with van der Waals surface area (Å²) >= 11 is 11.5. The highest BCUT2D eigenvalue weighted by molar-refractivity contribution is 9.09. The van der Waals surface area contributed by atoms with Crippen molar-refractivity contribution in [2.24, 2.45) is 0 Å². The summed E-state index contributed by atoms with van der Waals surface area (Å²) in [6.07, 6.45) is 0. The second-order valence-corrected chi connectivity index (χ2v) is 6.80. The number of halogens is 2. The van der Waals surface area contributed by atoms with Gasteiger partial charge in [-0.15, -0.1) is 11.3 Å². The average molecular weight is 346 g/mol. The molecule has 0 saturated carbocycles. The molecule has 1 atom stereocenters. The molecule has 1 aromatic carbocycles. The Bertz CT molecular complexity index is 545. The van der Waals surface area contributed by atoms with Crippen LogP contribution in [0.5, 0.6) is 5.75 Å². The molecule has 0 bridgehead atoms. The van der Waals surface area contributed by atoms with Crippen molar-refractivity contribution in [2.75, 3.05) is 7.11 Å². The van der Waals surface area contributed by atoms with Crippen molar-refractivity contribution in [3.63, 3.8) is 0 Å². The Kier molecular flexibility index (Phi) is 4.36. The molecule has 96 valence electrons. The molecule has 0 aliphatic heterocycles. The first-order chi connectivity index (χ1) is 8.52. The molecule has 0 aliphatic carbocycles. The summed E-state index contributed by atoms with van der Waals surface area (Å²) in [5.74, 6) is 0.913. The Morgan fingerprint density at radius 2 is 1.94 bits per heavy atom. The van der Waals surface area contributed by atoms with Crippen LogP contribution in [0.4, 0.5) is 0 Å². The van der Waals surface area contributed by atoms with Crippen LogP contribution in [0.15, 0.2) is 24.3 Å². The lowest BCUT2D eigenvalue weighted by Crippen LogP contribution is -1.93. The summed E-state index contributed by atoms with van der Waals surface area (Å²) in [4.78, 5) is 1.37. The van der Waals surface area contributed by atoms with E-state index < -0.39 is 0 Å². The molecule has 0 N–H and O–H groups in total. The lowest BCUT2D eigenvalue weighted by Gasteiger charge is -2.11. The molecule has 1 nitrogen and oxygen atoms in total.